The Hall–Kier alpha value is -1.75. The number of benzene rings is 1. The SMILES string of the molecule is Nc1nc(CN2CCCOc3ccccc32)cs1. The summed E-state index contributed by atoms with van der Waals surface area (Å²) >= 11 is 1.49. The first-order chi connectivity index (χ1) is 8.83. The van der Waals surface area contributed by atoms with Crippen LogP contribution in [0.1, 0.15) is 12.1 Å². The van der Waals surface area contributed by atoms with E-state index in [9.17, 15) is 0 Å². The van der Waals surface area contributed by atoms with Crippen LogP contribution in [-0.4, -0.2) is 18.1 Å². The van der Waals surface area contributed by atoms with E-state index in [0.717, 1.165) is 43.2 Å². The Morgan fingerprint density at radius 3 is 3.11 bits per heavy atom. The number of nitrogen functional groups attached to an aromatic ring is 1. The van der Waals surface area contributed by atoms with E-state index in [-0.39, 0.29) is 0 Å². The molecule has 0 radical (unpaired) electrons. The Kier molecular flexibility index (Phi) is 3.06. The highest BCUT2D eigenvalue weighted by Gasteiger charge is 2.16. The summed E-state index contributed by atoms with van der Waals surface area (Å²) in [6, 6.07) is 8.15. The summed E-state index contributed by atoms with van der Waals surface area (Å²) < 4.78 is 5.74. The fourth-order valence-electron chi connectivity index (χ4n) is 2.15. The maximum Gasteiger partial charge on any atom is 0.180 e. The second-order valence-corrected chi connectivity index (χ2v) is 5.16. The molecule has 18 heavy (non-hydrogen) atoms. The van der Waals surface area contributed by atoms with Crippen LogP contribution in [0, 0.1) is 0 Å². The molecule has 2 heterocycles. The lowest BCUT2D eigenvalue weighted by Crippen LogP contribution is -2.23. The van der Waals surface area contributed by atoms with Gasteiger partial charge in [-0.05, 0) is 18.6 Å². The van der Waals surface area contributed by atoms with Crippen molar-refractivity contribution < 1.29 is 4.74 Å². The van der Waals surface area contributed by atoms with E-state index < -0.39 is 0 Å². The number of ether oxygens (including phenoxy) is 1. The third kappa shape index (κ3) is 2.26. The number of fused-ring (bicyclic) bond motifs is 1. The van der Waals surface area contributed by atoms with Crippen molar-refractivity contribution in [1.82, 2.24) is 4.98 Å². The molecule has 5 heteroatoms. The molecule has 2 N–H and O–H groups in total. The van der Waals surface area contributed by atoms with E-state index >= 15 is 0 Å². The predicted molar refractivity (Wildman–Crippen MR) is 74.1 cm³/mol. The van der Waals surface area contributed by atoms with Crippen LogP contribution >= 0.6 is 11.3 Å². The van der Waals surface area contributed by atoms with Crippen molar-refractivity contribution in [2.75, 3.05) is 23.8 Å². The number of para-hydroxylation sites is 2. The van der Waals surface area contributed by atoms with E-state index in [1.54, 1.807) is 0 Å². The topological polar surface area (TPSA) is 51.4 Å². The van der Waals surface area contributed by atoms with Gasteiger partial charge in [-0.3, -0.25) is 0 Å². The second kappa shape index (κ2) is 4.86. The average Bonchev–Trinajstić information content (AvgIpc) is 2.68. The molecule has 1 aliphatic rings. The first-order valence-corrected chi connectivity index (χ1v) is 6.87. The minimum absolute atomic E-state index is 0.629. The van der Waals surface area contributed by atoms with Crippen LogP contribution in [0.3, 0.4) is 0 Å². The zero-order valence-electron chi connectivity index (χ0n) is 10.0. The van der Waals surface area contributed by atoms with Crippen molar-refractivity contribution in [1.29, 1.82) is 0 Å². The molecule has 0 saturated carbocycles. The predicted octanol–water partition coefficient (Wildman–Crippen LogP) is 2.51. The van der Waals surface area contributed by atoms with Crippen molar-refractivity contribution in [2.24, 2.45) is 0 Å². The lowest BCUT2D eigenvalue weighted by molar-refractivity contribution is 0.322. The summed E-state index contributed by atoms with van der Waals surface area (Å²) in [5.41, 5.74) is 7.84. The standard InChI is InChI=1S/C13H15N3OS/c14-13-15-10(9-18-13)8-16-6-3-7-17-12-5-2-1-4-11(12)16/h1-2,4-5,9H,3,6-8H2,(H2,14,15). The molecule has 1 aliphatic heterocycles. The van der Waals surface area contributed by atoms with Gasteiger partial charge >= 0.3 is 0 Å². The number of anilines is 2. The van der Waals surface area contributed by atoms with Gasteiger partial charge in [-0.25, -0.2) is 4.98 Å². The van der Waals surface area contributed by atoms with Crippen molar-refractivity contribution in [3.05, 3.63) is 35.3 Å². The molecule has 1 aromatic carbocycles. The maximum atomic E-state index is 5.74. The van der Waals surface area contributed by atoms with Gasteiger partial charge in [-0.1, -0.05) is 12.1 Å². The Bertz CT molecular complexity index is 541. The Morgan fingerprint density at radius 2 is 2.28 bits per heavy atom. The molecule has 0 atom stereocenters. The molecule has 0 aliphatic carbocycles. The summed E-state index contributed by atoms with van der Waals surface area (Å²) in [6.45, 7) is 2.54. The number of hydrogen-bond donors (Lipinski definition) is 1. The van der Waals surface area contributed by atoms with Gasteiger partial charge in [-0.2, -0.15) is 0 Å². The Balaban J connectivity index is 1.87. The molecular weight excluding hydrogens is 246 g/mol. The first-order valence-electron chi connectivity index (χ1n) is 5.99. The van der Waals surface area contributed by atoms with Crippen molar-refractivity contribution in [3.8, 4) is 5.75 Å². The second-order valence-electron chi connectivity index (χ2n) is 4.27. The zero-order chi connectivity index (χ0) is 12.4. The minimum Gasteiger partial charge on any atom is -0.491 e. The van der Waals surface area contributed by atoms with Crippen LogP contribution in [0.5, 0.6) is 5.75 Å². The molecule has 0 fully saturated rings. The van der Waals surface area contributed by atoms with Gasteiger partial charge < -0.3 is 15.4 Å². The molecule has 1 aromatic heterocycles. The molecule has 0 bridgehead atoms. The number of nitrogens with zero attached hydrogens (tertiary/aromatic N) is 2. The summed E-state index contributed by atoms with van der Waals surface area (Å²) in [4.78, 5) is 6.62. The lowest BCUT2D eigenvalue weighted by atomic mass is 10.2. The molecular formula is C13H15N3OS. The van der Waals surface area contributed by atoms with E-state index in [1.165, 1.54) is 11.3 Å². The molecule has 0 saturated heterocycles. The number of hydrogen-bond acceptors (Lipinski definition) is 5. The Labute approximate surface area is 110 Å². The largest absolute Gasteiger partial charge is 0.491 e. The van der Waals surface area contributed by atoms with Crippen molar-refractivity contribution in [3.63, 3.8) is 0 Å². The van der Waals surface area contributed by atoms with E-state index in [4.69, 9.17) is 10.5 Å². The van der Waals surface area contributed by atoms with Crippen LogP contribution in [0.15, 0.2) is 29.6 Å². The van der Waals surface area contributed by atoms with Crippen LogP contribution in [-0.2, 0) is 6.54 Å². The van der Waals surface area contributed by atoms with Gasteiger partial charge in [0.15, 0.2) is 5.13 Å². The van der Waals surface area contributed by atoms with Gasteiger partial charge in [0.1, 0.15) is 5.75 Å². The lowest BCUT2D eigenvalue weighted by Gasteiger charge is -2.22. The monoisotopic (exact) mass is 261 g/mol. The molecule has 3 rings (SSSR count). The van der Waals surface area contributed by atoms with Crippen LogP contribution < -0.4 is 15.4 Å². The summed E-state index contributed by atoms with van der Waals surface area (Å²) in [5, 5.41) is 2.65. The summed E-state index contributed by atoms with van der Waals surface area (Å²) in [5.74, 6) is 0.957. The molecule has 2 aromatic rings. The highest BCUT2D eigenvalue weighted by molar-refractivity contribution is 7.13. The Morgan fingerprint density at radius 1 is 1.39 bits per heavy atom. The number of thiazole rings is 1. The third-order valence-corrected chi connectivity index (χ3v) is 3.68. The maximum absolute atomic E-state index is 5.74. The van der Waals surface area contributed by atoms with Gasteiger partial charge in [0.2, 0.25) is 0 Å². The van der Waals surface area contributed by atoms with Gasteiger partial charge in [0, 0.05) is 11.9 Å². The van der Waals surface area contributed by atoms with Gasteiger partial charge in [0.25, 0.3) is 0 Å². The van der Waals surface area contributed by atoms with Crippen LogP contribution in [0.4, 0.5) is 10.8 Å². The third-order valence-electron chi connectivity index (χ3n) is 2.96. The van der Waals surface area contributed by atoms with E-state index in [2.05, 4.69) is 16.0 Å². The highest BCUT2D eigenvalue weighted by atomic mass is 32.1. The van der Waals surface area contributed by atoms with Crippen molar-refractivity contribution in [2.45, 2.75) is 13.0 Å². The number of rotatable bonds is 2. The molecule has 0 amide bonds. The summed E-state index contributed by atoms with van der Waals surface area (Å²) in [7, 11) is 0. The molecule has 0 spiro atoms. The van der Waals surface area contributed by atoms with Crippen LogP contribution in [0.2, 0.25) is 0 Å². The fourth-order valence-corrected chi connectivity index (χ4v) is 2.71. The quantitative estimate of drug-likeness (QED) is 0.902. The average molecular weight is 261 g/mol. The normalized spacial score (nSPS) is 14.8. The van der Waals surface area contributed by atoms with Gasteiger partial charge in [0.05, 0.1) is 24.5 Å². The fraction of sp³-hybridized carbons (Fsp3) is 0.308. The molecule has 0 unspecified atom stereocenters. The minimum atomic E-state index is 0.629. The highest BCUT2D eigenvalue weighted by Crippen LogP contribution is 2.31. The first kappa shape index (κ1) is 11.3. The smallest absolute Gasteiger partial charge is 0.180 e. The van der Waals surface area contributed by atoms with E-state index in [0.29, 0.717) is 5.13 Å². The zero-order valence-corrected chi connectivity index (χ0v) is 10.8. The molecule has 94 valence electrons. The van der Waals surface area contributed by atoms with Gasteiger partial charge in [-0.15, -0.1) is 11.3 Å². The van der Waals surface area contributed by atoms with Crippen LogP contribution in [0.25, 0.3) is 0 Å². The number of nitrogens with two attached hydrogens (primary N) is 1. The number of aromatic nitrogens is 1. The summed E-state index contributed by atoms with van der Waals surface area (Å²) in [6.07, 6.45) is 1.02. The van der Waals surface area contributed by atoms with E-state index in [1.807, 2.05) is 23.6 Å². The van der Waals surface area contributed by atoms with Crippen molar-refractivity contribution >= 4 is 22.2 Å². The molecule has 4 nitrogen and oxygen atoms in total.